The normalized spacial score (nSPS) is 15.6. The van der Waals surface area contributed by atoms with Crippen molar-refractivity contribution in [3.8, 4) is 0 Å². The number of amides is 1. The fourth-order valence-corrected chi connectivity index (χ4v) is 3.32. The number of benzene rings is 2. The molecule has 1 aliphatic heterocycles. The van der Waals surface area contributed by atoms with Crippen molar-refractivity contribution in [1.82, 2.24) is 9.80 Å². The second-order valence-corrected chi connectivity index (χ2v) is 6.88. The van der Waals surface area contributed by atoms with E-state index in [1.54, 1.807) is 0 Å². The van der Waals surface area contributed by atoms with Crippen molar-refractivity contribution in [3.05, 3.63) is 71.3 Å². The smallest absolute Gasteiger partial charge is 0.253 e. The van der Waals surface area contributed by atoms with Crippen molar-refractivity contribution in [2.24, 2.45) is 0 Å². The number of nitrogens with zero attached hydrogens (tertiary/aromatic N) is 2. The number of hydrogen-bond donors (Lipinski definition) is 1. The Morgan fingerprint density at radius 2 is 1.68 bits per heavy atom. The minimum atomic E-state index is -0.262. The standard InChI is InChI=1S/C21H26N2O2/c1-22(15-17-6-3-2-4-7-17)16-18-8-5-9-19(14-18)21(25)23-12-10-20(24)11-13-23/h2-9,14,20,24H,10-13,15-16H2,1H3. The van der Waals surface area contributed by atoms with Gasteiger partial charge in [0.1, 0.15) is 0 Å². The van der Waals surface area contributed by atoms with E-state index in [1.165, 1.54) is 5.56 Å². The number of piperidine rings is 1. The van der Waals surface area contributed by atoms with E-state index in [2.05, 4.69) is 42.3 Å². The highest BCUT2D eigenvalue weighted by Crippen LogP contribution is 2.16. The van der Waals surface area contributed by atoms with Gasteiger partial charge in [0.05, 0.1) is 6.10 Å². The molecule has 0 radical (unpaired) electrons. The van der Waals surface area contributed by atoms with Crippen molar-refractivity contribution in [3.63, 3.8) is 0 Å². The maximum absolute atomic E-state index is 12.7. The van der Waals surface area contributed by atoms with Crippen LogP contribution in [0.4, 0.5) is 0 Å². The van der Waals surface area contributed by atoms with Crippen LogP contribution < -0.4 is 0 Å². The number of aliphatic hydroxyl groups is 1. The molecule has 0 spiro atoms. The van der Waals surface area contributed by atoms with Crippen LogP contribution in [-0.4, -0.2) is 47.1 Å². The summed E-state index contributed by atoms with van der Waals surface area (Å²) < 4.78 is 0. The van der Waals surface area contributed by atoms with E-state index >= 15 is 0 Å². The SMILES string of the molecule is CN(Cc1ccccc1)Cc1cccc(C(=O)N2CCC(O)CC2)c1. The number of rotatable bonds is 5. The van der Waals surface area contributed by atoms with Gasteiger partial charge in [0, 0.05) is 31.7 Å². The Kier molecular flexibility index (Phi) is 5.84. The van der Waals surface area contributed by atoms with Crippen LogP contribution in [0.25, 0.3) is 0 Å². The lowest BCUT2D eigenvalue weighted by Gasteiger charge is -2.29. The van der Waals surface area contributed by atoms with Crippen molar-refractivity contribution in [2.45, 2.75) is 32.0 Å². The number of aliphatic hydroxyl groups excluding tert-OH is 1. The molecule has 0 bridgehead atoms. The van der Waals surface area contributed by atoms with Gasteiger partial charge in [-0.05, 0) is 43.1 Å². The molecule has 4 nitrogen and oxygen atoms in total. The van der Waals surface area contributed by atoms with Crippen LogP contribution in [0.1, 0.15) is 34.3 Å². The summed E-state index contributed by atoms with van der Waals surface area (Å²) in [6.07, 6.45) is 1.08. The fraction of sp³-hybridized carbons (Fsp3) is 0.381. The number of hydrogen-bond acceptors (Lipinski definition) is 3. The highest BCUT2D eigenvalue weighted by atomic mass is 16.3. The molecule has 3 rings (SSSR count). The Morgan fingerprint density at radius 3 is 2.40 bits per heavy atom. The largest absolute Gasteiger partial charge is 0.393 e. The zero-order valence-corrected chi connectivity index (χ0v) is 14.8. The Morgan fingerprint density at radius 1 is 1.04 bits per heavy atom. The quantitative estimate of drug-likeness (QED) is 0.912. The molecule has 1 saturated heterocycles. The maximum atomic E-state index is 12.7. The second-order valence-electron chi connectivity index (χ2n) is 6.88. The molecule has 1 fully saturated rings. The third-order valence-electron chi connectivity index (χ3n) is 4.67. The molecule has 1 aliphatic rings. The van der Waals surface area contributed by atoms with Gasteiger partial charge >= 0.3 is 0 Å². The first-order chi connectivity index (χ1) is 12.1. The Labute approximate surface area is 149 Å². The second kappa shape index (κ2) is 8.28. The molecule has 0 aromatic heterocycles. The molecule has 0 aliphatic carbocycles. The number of carbonyl (C=O) groups is 1. The lowest BCUT2D eigenvalue weighted by atomic mass is 10.0. The van der Waals surface area contributed by atoms with E-state index in [0.717, 1.165) is 24.2 Å². The van der Waals surface area contributed by atoms with Crippen LogP contribution in [0, 0.1) is 0 Å². The molecule has 1 heterocycles. The molecular weight excluding hydrogens is 312 g/mol. The van der Waals surface area contributed by atoms with E-state index in [1.807, 2.05) is 29.2 Å². The summed E-state index contributed by atoms with van der Waals surface area (Å²) >= 11 is 0. The van der Waals surface area contributed by atoms with E-state index in [4.69, 9.17) is 0 Å². The molecule has 25 heavy (non-hydrogen) atoms. The highest BCUT2D eigenvalue weighted by Gasteiger charge is 2.22. The van der Waals surface area contributed by atoms with Crippen LogP contribution in [-0.2, 0) is 13.1 Å². The summed E-state index contributed by atoms with van der Waals surface area (Å²) in [5.74, 6) is 0.0689. The first kappa shape index (κ1) is 17.6. The first-order valence-corrected chi connectivity index (χ1v) is 8.90. The lowest BCUT2D eigenvalue weighted by molar-refractivity contribution is 0.0546. The average molecular weight is 338 g/mol. The van der Waals surface area contributed by atoms with Crippen LogP contribution in [0.15, 0.2) is 54.6 Å². The van der Waals surface area contributed by atoms with Crippen LogP contribution in [0.3, 0.4) is 0 Å². The summed E-state index contributed by atoms with van der Waals surface area (Å²) in [6.45, 7) is 2.95. The summed E-state index contributed by atoms with van der Waals surface area (Å²) in [5, 5.41) is 9.60. The Bertz CT molecular complexity index is 694. The van der Waals surface area contributed by atoms with Gasteiger partial charge in [-0.25, -0.2) is 0 Å². The van der Waals surface area contributed by atoms with Gasteiger partial charge in [0.15, 0.2) is 0 Å². The minimum absolute atomic E-state index is 0.0689. The molecular formula is C21H26N2O2. The fourth-order valence-electron chi connectivity index (χ4n) is 3.32. The monoisotopic (exact) mass is 338 g/mol. The van der Waals surface area contributed by atoms with Crippen LogP contribution in [0.2, 0.25) is 0 Å². The Hall–Kier alpha value is -2.17. The molecule has 2 aromatic carbocycles. The van der Waals surface area contributed by atoms with Crippen molar-refractivity contribution < 1.29 is 9.90 Å². The van der Waals surface area contributed by atoms with Gasteiger partial charge in [0.25, 0.3) is 5.91 Å². The summed E-state index contributed by atoms with van der Waals surface area (Å²) in [6, 6.07) is 18.3. The van der Waals surface area contributed by atoms with Crippen molar-refractivity contribution in [2.75, 3.05) is 20.1 Å². The van der Waals surface area contributed by atoms with Crippen molar-refractivity contribution in [1.29, 1.82) is 0 Å². The molecule has 4 heteroatoms. The summed E-state index contributed by atoms with van der Waals surface area (Å²) in [7, 11) is 2.09. The van der Waals surface area contributed by atoms with Gasteiger partial charge in [0.2, 0.25) is 0 Å². The predicted molar refractivity (Wildman–Crippen MR) is 99.2 cm³/mol. The van der Waals surface area contributed by atoms with Gasteiger partial charge in [-0.15, -0.1) is 0 Å². The molecule has 132 valence electrons. The molecule has 1 N–H and O–H groups in total. The third kappa shape index (κ3) is 4.91. The average Bonchev–Trinajstić information content (AvgIpc) is 2.63. The molecule has 0 unspecified atom stereocenters. The number of carbonyl (C=O) groups excluding carboxylic acids is 1. The number of likely N-dealkylation sites (tertiary alicyclic amines) is 1. The maximum Gasteiger partial charge on any atom is 0.253 e. The molecule has 0 atom stereocenters. The van der Waals surface area contributed by atoms with E-state index < -0.39 is 0 Å². The van der Waals surface area contributed by atoms with Crippen molar-refractivity contribution >= 4 is 5.91 Å². The van der Waals surface area contributed by atoms with Crippen LogP contribution >= 0.6 is 0 Å². The van der Waals surface area contributed by atoms with Crippen LogP contribution in [0.5, 0.6) is 0 Å². The zero-order chi connectivity index (χ0) is 17.6. The van der Waals surface area contributed by atoms with Gasteiger partial charge in [-0.1, -0.05) is 42.5 Å². The third-order valence-corrected chi connectivity index (χ3v) is 4.67. The van der Waals surface area contributed by atoms with E-state index in [-0.39, 0.29) is 12.0 Å². The molecule has 0 saturated carbocycles. The summed E-state index contributed by atoms with van der Waals surface area (Å²) in [4.78, 5) is 16.8. The minimum Gasteiger partial charge on any atom is -0.393 e. The Balaban J connectivity index is 1.62. The van der Waals surface area contributed by atoms with Gasteiger partial charge in [-0.3, -0.25) is 9.69 Å². The van der Waals surface area contributed by atoms with E-state index in [0.29, 0.717) is 25.9 Å². The molecule has 2 aromatic rings. The zero-order valence-electron chi connectivity index (χ0n) is 14.8. The van der Waals surface area contributed by atoms with E-state index in [9.17, 15) is 9.90 Å². The summed E-state index contributed by atoms with van der Waals surface area (Å²) in [5.41, 5.74) is 3.16. The first-order valence-electron chi connectivity index (χ1n) is 8.90. The lowest BCUT2D eigenvalue weighted by Crippen LogP contribution is -2.40. The topological polar surface area (TPSA) is 43.8 Å². The highest BCUT2D eigenvalue weighted by molar-refractivity contribution is 5.94. The molecule has 1 amide bonds. The predicted octanol–water partition coefficient (Wildman–Crippen LogP) is 2.92. The van der Waals surface area contributed by atoms with Gasteiger partial charge in [-0.2, -0.15) is 0 Å². The van der Waals surface area contributed by atoms with Gasteiger partial charge < -0.3 is 10.0 Å².